The lowest BCUT2D eigenvalue weighted by Crippen LogP contribution is -2.42. The highest BCUT2D eigenvalue weighted by atomic mass is 16.3. The van der Waals surface area contributed by atoms with E-state index in [4.69, 9.17) is 0 Å². The Morgan fingerprint density at radius 1 is 1.20 bits per heavy atom. The van der Waals surface area contributed by atoms with Crippen LogP contribution in [0.15, 0.2) is 30.3 Å². The van der Waals surface area contributed by atoms with Gasteiger partial charge in [-0.3, -0.25) is 9.80 Å². The van der Waals surface area contributed by atoms with Crippen LogP contribution in [0.4, 0.5) is 0 Å². The van der Waals surface area contributed by atoms with Crippen LogP contribution in [0.2, 0.25) is 0 Å². The molecule has 1 fully saturated rings. The Kier molecular flexibility index (Phi) is 4.83. The molecule has 0 spiro atoms. The SMILES string of the molecule is CN(Cc1ccccc1)CC(O)CN1CCn2c(nnc2C2CC2)C1. The van der Waals surface area contributed by atoms with Gasteiger partial charge >= 0.3 is 0 Å². The standard InChI is InChI=1S/C19H27N5O/c1-22(11-15-5-3-2-4-6-15)12-17(25)13-23-9-10-24-18(14-23)20-21-19(24)16-7-8-16/h2-6,16-17,25H,7-14H2,1H3. The van der Waals surface area contributed by atoms with Crippen molar-refractivity contribution in [2.75, 3.05) is 26.7 Å². The zero-order valence-corrected chi connectivity index (χ0v) is 14.9. The Morgan fingerprint density at radius 2 is 2.00 bits per heavy atom. The fraction of sp³-hybridized carbons (Fsp3) is 0.579. The lowest BCUT2D eigenvalue weighted by Gasteiger charge is -2.30. The van der Waals surface area contributed by atoms with Crippen LogP contribution in [0.5, 0.6) is 0 Å². The van der Waals surface area contributed by atoms with Crippen molar-refractivity contribution in [1.82, 2.24) is 24.6 Å². The molecule has 6 heteroatoms. The number of aliphatic hydroxyl groups excluding tert-OH is 1. The fourth-order valence-electron chi connectivity index (χ4n) is 3.70. The van der Waals surface area contributed by atoms with E-state index in [1.807, 2.05) is 6.07 Å². The van der Waals surface area contributed by atoms with Crippen LogP contribution in [0.1, 0.15) is 36.0 Å². The third kappa shape index (κ3) is 4.08. The Labute approximate surface area is 149 Å². The fourth-order valence-corrected chi connectivity index (χ4v) is 3.70. The first-order valence-corrected chi connectivity index (χ1v) is 9.24. The summed E-state index contributed by atoms with van der Waals surface area (Å²) in [6.45, 7) is 4.91. The summed E-state index contributed by atoms with van der Waals surface area (Å²) in [4.78, 5) is 4.47. The zero-order chi connectivity index (χ0) is 17.2. The lowest BCUT2D eigenvalue weighted by molar-refractivity contribution is 0.0686. The highest BCUT2D eigenvalue weighted by Crippen LogP contribution is 2.39. The minimum absolute atomic E-state index is 0.355. The summed E-state index contributed by atoms with van der Waals surface area (Å²) < 4.78 is 2.29. The molecule has 6 nitrogen and oxygen atoms in total. The molecular formula is C19H27N5O. The Bertz CT molecular complexity index is 697. The van der Waals surface area contributed by atoms with Crippen LogP contribution < -0.4 is 0 Å². The number of aliphatic hydroxyl groups is 1. The maximum atomic E-state index is 10.5. The number of hydrogen-bond acceptors (Lipinski definition) is 5. The van der Waals surface area contributed by atoms with Crippen LogP contribution in [0.25, 0.3) is 0 Å². The van der Waals surface area contributed by atoms with E-state index in [9.17, 15) is 5.11 Å². The van der Waals surface area contributed by atoms with Gasteiger partial charge in [-0.25, -0.2) is 0 Å². The lowest BCUT2D eigenvalue weighted by atomic mass is 10.2. The van der Waals surface area contributed by atoms with Gasteiger partial charge in [0.05, 0.1) is 12.6 Å². The number of fused-ring (bicyclic) bond motifs is 1. The van der Waals surface area contributed by atoms with Gasteiger partial charge in [0.2, 0.25) is 0 Å². The normalized spacial score (nSPS) is 19.2. The number of aromatic nitrogens is 3. The maximum absolute atomic E-state index is 10.5. The third-order valence-corrected chi connectivity index (χ3v) is 5.09. The van der Waals surface area contributed by atoms with Crippen molar-refractivity contribution in [3.63, 3.8) is 0 Å². The summed E-state index contributed by atoms with van der Waals surface area (Å²) in [6, 6.07) is 10.4. The molecule has 0 saturated heterocycles. The second-order valence-corrected chi connectivity index (χ2v) is 7.47. The van der Waals surface area contributed by atoms with Gasteiger partial charge in [-0.1, -0.05) is 30.3 Å². The molecule has 1 aliphatic heterocycles. The number of likely N-dealkylation sites (N-methyl/N-ethyl adjacent to an activating group) is 1. The summed E-state index contributed by atoms with van der Waals surface area (Å²) in [6.07, 6.45) is 2.16. The molecule has 2 heterocycles. The first kappa shape index (κ1) is 16.7. The number of rotatable bonds is 7. The number of hydrogen-bond donors (Lipinski definition) is 1. The van der Waals surface area contributed by atoms with E-state index in [0.29, 0.717) is 19.0 Å². The van der Waals surface area contributed by atoms with Gasteiger partial charge in [0.1, 0.15) is 11.6 Å². The van der Waals surface area contributed by atoms with Gasteiger partial charge in [-0.2, -0.15) is 0 Å². The molecular weight excluding hydrogens is 314 g/mol. The van der Waals surface area contributed by atoms with E-state index in [2.05, 4.69) is 55.9 Å². The molecule has 1 N–H and O–H groups in total. The number of nitrogens with zero attached hydrogens (tertiary/aromatic N) is 5. The Morgan fingerprint density at radius 3 is 2.76 bits per heavy atom. The van der Waals surface area contributed by atoms with Gasteiger partial charge in [-0.15, -0.1) is 10.2 Å². The molecule has 2 aliphatic rings. The topological polar surface area (TPSA) is 57.4 Å². The Hall–Kier alpha value is -1.76. The smallest absolute Gasteiger partial charge is 0.147 e. The summed E-state index contributed by atoms with van der Waals surface area (Å²) in [5.41, 5.74) is 1.27. The largest absolute Gasteiger partial charge is 0.390 e. The molecule has 1 atom stereocenters. The maximum Gasteiger partial charge on any atom is 0.147 e. The second-order valence-electron chi connectivity index (χ2n) is 7.47. The van der Waals surface area contributed by atoms with Crippen LogP contribution in [0.3, 0.4) is 0 Å². The predicted octanol–water partition coefficient (Wildman–Crippen LogP) is 1.46. The first-order chi connectivity index (χ1) is 12.2. The minimum atomic E-state index is -0.355. The molecule has 25 heavy (non-hydrogen) atoms. The van der Waals surface area contributed by atoms with Crippen molar-refractivity contribution in [2.24, 2.45) is 0 Å². The van der Waals surface area contributed by atoms with Crippen molar-refractivity contribution < 1.29 is 5.11 Å². The molecule has 1 aromatic carbocycles. The van der Waals surface area contributed by atoms with Crippen molar-refractivity contribution >= 4 is 0 Å². The van der Waals surface area contributed by atoms with Gasteiger partial charge in [0, 0.05) is 38.6 Å². The highest BCUT2D eigenvalue weighted by molar-refractivity contribution is 5.14. The molecule has 0 amide bonds. The average Bonchev–Trinajstić information content (AvgIpc) is 3.35. The van der Waals surface area contributed by atoms with Gasteiger partial charge in [0.25, 0.3) is 0 Å². The minimum Gasteiger partial charge on any atom is -0.390 e. The van der Waals surface area contributed by atoms with Crippen molar-refractivity contribution in [1.29, 1.82) is 0 Å². The average molecular weight is 341 g/mol. The van der Waals surface area contributed by atoms with E-state index < -0.39 is 0 Å². The van der Waals surface area contributed by atoms with Crippen LogP contribution in [-0.2, 0) is 19.6 Å². The van der Waals surface area contributed by atoms with Gasteiger partial charge in [0.15, 0.2) is 0 Å². The van der Waals surface area contributed by atoms with Crippen molar-refractivity contribution in [2.45, 2.75) is 44.5 Å². The quantitative estimate of drug-likeness (QED) is 0.826. The summed E-state index contributed by atoms with van der Waals surface area (Å²) in [7, 11) is 2.06. The van der Waals surface area contributed by atoms with E-state index in [1.54, 1.807) is 0 Å². The van der Waals surface area contributed by atoms with E-state index in [0.717, 1.165) is 32.0 Å². The van der Waals surface area contributed by atoms with Gasteiger partial charge in [-0.05, 0) is 25.5 Å². The third-order valence-electron chi connectivity index (χ3n) is 5.09. The summed E-state index contributed by atoms with van der Waals surface area (Å²) in [5.74, 6) is 2.88. The van der Waals surface area contributed by atoms with E-state index in [1.165, 1.54) is 24.2 Å². The monoisotopic (exact) mass is 341 g/mol. The van der Waals surface area contributed by atoms with Crippen LogP contribution >= 0.6 is 0 Å². The molecule has 1 unspecified atom stereocenters. The van der Waals surface area contributed by atoms with Crippen molar-refractivity contribution in [3.05, 3.63) is 47.5 Å². The predicted molar refractivity (Wildman–Crippen MR) is 96.1 cm³/mol. The molecule has 2 aromatic rings. The molecule has 0 radical (unpaired) electrons. The van der Waals surface area contributed by atoms with E-state index >= 15 is 0 Å². The van der Waals surface area contributed by atoms with Crippen molar-refractivity contribution in [3.8, 4) is 0 Å². The number of β-amino-alcohol motifs (C(OH)–C–C–N with tert-alkyl or cyclic N) is 1. The molecule has 134 valence electrons. The first-order valence-electron chi connectivity index (χ1n) is 9.24. The van der Waals surface area contributed by atoms with Crippen LogP contribution in [-0.4, -0.2) is 62.5 Å². The molecule has 1 aromatic heterocycles. The molecule has 4 rings (SSSR count). The zero-order valence-electron chi connectivity index (χ0n) is 14.9. The molecule has 1 saturated carbocycles. The van der Waals surface area contributed by atoms with Crippen LogP contribution in [0, 0.1) is 0 Å². The summed E-state index contributed by atoms with van der Waals surface area (Å²) in [5, 5.41) is 19.2. The molecule has 0 bridgehead atoms. The summed E-state index contributed by atoms with van der Waals surface area (Å²) >= 11 is 0. The highest BCUT2D eigenvalue weighted by Gasteiger charge is 2.32. The van der Waals surface area contributed by atoms with Gasteiger partial charge < -0.3 is 9.67 Å². The second kappa shape index (κ2) is 7.23. The molecule has 1 aliphatic carbocycles. The number of benzene rings is 1. The Balaban J connectivity index is 1.27. The van der Waals surface area contributed by atoms with E-state index in [-0.39, 0.29) is 6.10 Å².